The van der Waals surface area contributed by atoms with Crippen LogP contribution >= 0.6 is 12.2 Å². The first-order valence-electron chi connectivity index (χ1n) is 1.73. The highest BCUT2D eigenvalue weighted by Crippen LogP contribution is 2.18. The average molecular weight is 142 g/mol. The number of nitrogens with one attached hydrogen (secondary N) is 1. The number of alkyl halides is 3. The standard InChI is InChI=1S/C3H3F3NS/c4-3(5,6)1-2(7)8/h7H,1H2. The molecular formula is C3H3F3NS. The van der Waals surface area contributed by atoms with Crippen LogP contribution in [0.1, 0.15) is 6.42 Å². The number of rotatable bonds is 1. The van der Waals surface area contributed by atoms with E-state index < -0.39 is 17.6 Å². The lowest BCUT2D eigenvalue weighted by molar-refractivity contribution is -0.121. The molecule has 8 heavy (non-hydrogen) atoms. The molecule has 0 unspecified atom stereocenters. The van der Waals surface area contributed by atoms with Gasteiger partial charge in [-0.25, -0.2) is 0 Å². The second-order valence-electron chi connectivity index (χ2n) is 1.22. The first-order valence-corrected chi connectivity index (χ1v) is 2.14. The monoisotopic (exact) mass is 142 g/mol. The maximum atomic E-state index is 11.1. The number of halogens is 3. The summed E-state index contributed by atoms with van der Waals surface area (Å²) in [7, 11) is 0. The Bertz CT molecular complexity index is 97.2. The van der Waals surface area contributed by atoms with Crippen LogP contribution in [-0.2, 0) is 0 Å². The van der Waals surface area contributed by atoms with Gasteiger partial charge in [-0.3, -0.25) is 5.73 Å². The van der Waals surface area contributed by atoms with Crippen molar-refractivity contribution in [1.29, 1.82) is 0 Å². The van der Waals surface area contributed by atoms with Gasteiger partial charge in [0.1, 0.15) is 4.99 Å². The Morgan fingerprint density at radius 2 is 1.88 bits per heavy atom. The summed E-state index contributed by atoms with van der Waals surface area (Å²) >= 11 is 3.89. The molecule has 0 aliphatic carbocycles. The van der Waals surface area contributed by atoms with Crippen molar-refractivity contribution in [2.45, 2.75) is 12.6 Å². The molecule has 0 aliphatic heterocycles. The fourth-order valence-corrected chi connectivity index (χ4v) is 0.346. The second-order valence-corrected chi connectivity index (χ2v) is 1.71. The molecule has 0 spiro atoms. The number of hydrogen-bond donors (Lipinski definition) is 0. The molecule has 0 aromatic rings. The highest BCUT2D eigenvalue weighted by atomic mass is 32.1. The molecule has 0 fully saturated rings. The molecule has 0 heterocycles. The zero-order valence-electron chi connectivity index (χ0n) is 3.75. The van der Waals surface area contributed by atoms with E-state index in [1.807, 2.05) is 0 Å². The predicted molar refractivity (Wildman–Crippen MR) is 26.4 cm³/mol. The van der Waals surface area contributed by atoms with Crippen molar-refractivity contribution in [3.63, 3.8) is 0 Å². The van der Waals surface area contributed by atoms with Crippen molar-refractivity contribution in [2.75, 3.05) is 0 Å². The van der Waals surface area contributed by atoms with Crippen LogP contribution in [0, 0.1) is 0 Å². The third-order valence-corrected chi connectivity index (χ3v) is 0.505. The van der Waals surface area contributed by atoms with Gasteiger partial charge in [-0.15, -0.1) is 0 Å². The average Bonchev–Trinajstić information content (AvgIpc) is 1.21. The molecule has 0 aliphatic rings. The highest BCUT2D eigenvalue weighted by Gasteiger charge is 2.28. The third-order valence-electron chi connectivity index (χ3n) is 0.361. The van der Waals surface area contributed by atoms with Crippen LogP contribution in [0.25, 0.3) is 0 Å². The molecule has 0 saturated heterocycles. The van der Waals surface area contributed by atoms with Crippen molar-refractivity contribution in [3.8, 4) is 0 Å². The minimum atomic E-state index is -4.31. The van der Waals surface area contributed by atoms with E-state index in [4.69, 9.17) is 5.73 Å². The van der Waals surface area contributed by atoms with Crippen molar-refractivity contribution in [2.24, 2.45) is 0 Å². The Kier molecular flexibility index (Phi) is 2.21. The summed E-state index contributed by atoms with van der Waals surface area (Å²) in [5.41, 5.74) is 6.24. The molecule has 0 aromatic carbocycles. The van der Waals surface area contributed by atoms with Crippen LogP contribution in [0.4, 0.5) is 13.2 Å². The largest absolute Gasteiger partial charge is 0.395 e. The van der Waals surface area contributed by atoms with Gasteiger partial charge < -0.3 is 0 Å². The van der Waals surface area contributed by atoms with Crippen LogP contribution < -0.4 is 5.73 Å². The van der Waals surface area contributed by atoms with Gasteiger partial charge >= 0.3 is 6.18 Å². The summed E-state index contributed by atoms with van der Waals surface area (Å²) in [5, 5.41) is 0. The molecular weight excluding hydrogens is 139 g/mol. The molecule has 5 heteroatoms. The van der Waals surface area contributed by atoms with Gasteiger partial charge in [-0.05, 0) is 0 Å². The zero-order valence-corrected chi connectivity index (χ0v) is 4.57. The normalized spacial score (nSPS) is 11.4. The van der Waals surface area contributed by atoms with E-state index in [1.165, 1.54) is 0 Å². The quantitative estimate of drug-likeness (QED) is 0.509. The molecule has 47 valence electrons. The summed E-state index contributed by atoms with van der Waals surface area (Å²) < 4.78 is 33.3. The van der Waals surface area contributed by atoms with E-state index in [1.54, 1.807) is 0 Å². The predicted octanol–water partition coefficient (Wildman–Crippen LogP) is 1.55. The molecule has 0 aromatic heterocycles. The van der Waals surface area contributed by atoms with E-state index in [-0.39, 0.29) is 0 Å². The van der Waals surface area contributed by atoms with E-state index in [0.29, 0.717) is 0 Å². The van der Waals surface area contributed by atoms with Crippen molar-refractivity contribution in [1.82, 2.24) is 5.73 Å². The summed E-state index contributed by atoms with van der Waals surface area (Å²) in [5.74, 6) is 0. The van der Waals surface area contributed by atoms with Crippen LogP contribution in [0.2, 0.25) is 0 Å². The maximum Gasteiger partial charge on any atom is 0.395 e. The van der Waals surface area contributed by atoms with Gasteiger partial charge in [0.15, 0.2) is 0 Å². The Balaban J connectivity index is 3.55. The lowest BCUT2D eigenvalue weighted by atomic mass is 10.4. The second kappa shape index (κ2) is 2.30. The summed E-state index contributed by atoms with van der Waals surface area (Å²) in [6.45, 7) is 0. The number of hydrogen-bond acceptors (Lipinski definition) is 1. The van der Waals surface area contributed by atoms with Crippen LogP contribution in [0.5, 0.6) is 0 Å². The van der Waals surface area contributed by atoms with E-state index in [9.17, 15) is 13.2 Å². The molecule has 1 N–H and O–H groups in total. The van der Waals surface area contributed by atoms with Crippen LogP contribution in [0.3, 0.4) is 0 Å². The Hall–Kier alpha value is -0.320. The fraction of sp³-hybridized carbons (Fsp3) is 0.667. The SMILES string of the molecule is [NH]C(=S)CC(F)(F)F. The van der Waals surface area contributed by atoms with Crippen molar-refractivity contribution >= 4 is 17.2 Å². The van der Waals surface area contributed by atoms with Crippen LogP contribution in [-0.4, -0.2) is 11.2 Å². The van der Waals surface area contributed by atoms with Crippen molar-refractivity contribution < 1.29 is 13.2 Å². The highest BCUT2D eigenvalue weighted by molar-refractivity contribution is 7.80. The molecule has 0 atom stereocenters. The lowest BCUT2D eigenvalue weighted by Gasteiger charge is -2.00. The van der Waals surface area contributed by atoms with Gasteiger partial charge in [-0.1, -0.05) is 12.2 Å². The van der Waals surface area contributed by atoms with E-state index in [0.717, 1.165) is 0 Å². The first-order chi connectivity index (χ1) is 3.42. The van der Waals surface area contributed by atoms with E-state index in [2.05, 4.69) is 12.2 Å². The molecule has 0 bridgehead atoms. The molecule has 1 radical (unpaired) electrons. The summed E-state index contributed by atoms with van der Waals surface area (Å²) in [6.07, 6.45) is -5.58. The van der Waals surface area contributed by atoms with E-state index >= 15 is 0 Å². The fourth-order valence-electron chi connectivity index (χ4n) is 0.182. The van der Waals surface area contributed by atoms with Gasteiger partial charge in [0.05, 0.1) is 6.42 Å². The zero-order chi connectivity index (χ0) is 6.78. The van der Waals surface area contributed by atoms with Gasteiger partial charge in [0.25, 0.3) is 0 Å². The van der Waals surface area contributed by atoms with Gasteiger partial charge in [0, 0.05) is 0 Å². The smallest absolute Gasteiger partial charge is 0.293 e. The molecule has 1 nitrogen and oxygen atoms in total. The summed E-state index contributed by atoms with van der Waals surface area (Å²) in [4.78, 5) is -0.766. The Morgan fingerprint density at radius 3 is 1.88 bits per heavy atom. The maximum absolute atomic E-state index is 11.1. The van der Waals surface area contributed by atoms with Crippen molar-refractivity contribution in [3.05, 3.63) is 0 Å². The topological polar surface area (TPSA) is 23.8 Å². The summed E-state index contributed by atoms with van der Waals surface area (Å²) in [6, 6.07) is 0. The Morgan fingerprint density at radius 1 is 1.50 bits per heavy atom. The molecule has 0 rings (SSSR count). The molecule has 0 saturated carbocycles. The van der Waals surface area contributed by atoms with Gasteiger partial charge in [-0.2, -0.15) is 13.2 Å². The minimum Gasteiger partial charge on any atom is -0.293 e. The minimum absolute atomic E-state index is 0.766. The number of thiocarbonyl (C=S) groups is 1. The molecule has 0 amide bonds. The lowest BCUT2D eigenvalue weighted by Crippen LogP contribution is -2.13. The third kappa shape index (κ3) is 5.68. The van der Waals surface area contributed by atoms with Gasteiger partial charge in [0.2, 0.25) is 0 Å². The Labute approximate surface area is 49.7 Å². The first kappa shape index (κ1) is 7.68. The van der Waals surface area contributed by atoms with Crippen LogP contribution in [0.15, 0.2) is 0 Å².